The average Bonchev–Trinajstić information content (AvgIpc) is 2.87. The van der Waals surface area contributed by atoms with Crippen LogP contribution in [0, 0.1) is 13.8 Å². The van der Waals surface area contributed by atoms with E-state index in [0.29, 0.717) is 42.6 Å². The predicted octanol–water partition coefficient (Wildman–Crippen LogP) is 4.83. The molecule has 4 amide bonds. The molecule has 1 saturated heterocycles. The van der Waals surface area contributed by atoms with Gasteiger partial charge in [-0.25, -0.2) is 9.69 Å². The lowest BCUT2D eigenvalue weighted by atomic mass is 10.1. The van der Waals surface area contributed by atoms with Crippen molar-refractivity contribution in [2.75, 3.05) is 24.7 Å². The fourth-order valence-electron chi connectivity index (χ4n) is 3.70. The van der Waals surface area contributed by atoms with Crippen LogP contribution in [0.3, 0.4) is 0 Å². The highest BCUT2D eigenvalue weighted by molar-refractivity contribution is 6.39. The lowest BCUT2D eigenvalue weighted by molar-refractivity contribution is -0.122. The highest BCUT2D eigenvalue weighted by Crippen LogP contribution is 2.30. The van der Waals surface area contributed by atoms with Crippen LogP contribution >= 0.6 is 0 Å². The lowest BCUT2D eigenvalue weighted by Crippen LogP contribution is -2.54. The van der Waals surface area contributed by atoms with Crippen molar-refractivity contribution in [3.05, 3.63) is 89.0 Å². The SMILES string of the molecule is CCOc1cc(/C=C2/C(=O)NC(=O)N(c3ccc(C)cc3)C2=O)ccc1OCCOc1ccc(C)cc1. The second-order valence-electron chi connectivity index (χ2n) is 8.44. The molecule has 8 nitrogen and oxygen atoms in total. The van der Waals surface area contributed by atoms with Crippen LogP contribution < -0.4 is 24.4 Å². The van der Waals surface area contributed by atoms with Gasteiger partial charge >= 0.3 is 6.03 Å². The van der Waals surface area contributed by atoms with Crippen LogP contribution in [0.4, 0.5) is 10.5 Å². The summed E-state index contributed by atoms with van der Waals surface area (Å²) < 4.78 is 17.3. The standard InChI is InChI=1S/C29H28N2O6/c1-4-35-26-18-21(9-14-25(26)37-16-15-36-23-12-7-20(3)8-13-23)17-24-27(32)30-29(34)31(28(24)33)22-10-5-19(2)6-11-22/h5-14,17-18H,4,15-16H2,1-3H3,(H,30,32,34)/b24-17-. The minimum absolute atomic E-state index is 0.164. The molecule has 3 aromatic rings. The Morgan fingerprint density at radius 3 is 2.11 bits per heavy atom. The summed E-state index contributed by atoms with van der Waals surface area (Å²) in [6.07, 6.45) is 1.43. The Kier molecular flexibility index (Phi) is 7.88. The van der Waals surface area contributed by atoms with E-state index in [1.54, 1.807) is 42.5 Å². The Labute approximate surface area is 215 Å². The van der Waals surface area contributed by atoms with Crippen molar-refractivity contribution < 1.29 is 28.6 Å². The number of benzene rings is 3. The van der Waals surface area contributed by atoms with Gasteiger partial charge in [0, 0.05) is 0 Å². The molecular formula is C29H28N2O6. The van der Waals surface area contributed by atoms with Gasteiger partial charge in [0.2, 0.25) is 0 Å². The number of hydrogen-bond acceptors (Lipinski definition) is 6. The van der Waals surface area contributed by atoms with Crippen molar-refractivity contribution in [1.29, 1.82) is 0 Å². The van der Waals surface area contributed by atoms with Gasteiger partial charge in [-0.05, 0) is 68.8 Å². The maximum atomic E-state index is 13.1. The number of carbonyl (C=O) groups excluding carboxylic acids is 3. The van der Waals surface area contributed by atoms with Crippen molar-refractivity contribution in [3.63, 3.8) is 0 Å². The number of barbiturate groups is 1. The zero-order valence-electron chi connectivity index (χ0n) is 20.9. The largest absolute Gasteiger partial charge is 0.490 e. The molecule has 1 aliphatic heterocycles. The third-order valence-electron chi connectivity index (χ3n) is 5.60. The smallest absolute Gasteiger partial charge is 0.335 e. The number of aryl methyl sites for hydroxylation is 2. The molecule has 3 aromatic carbocycles. The molecule has 0 bridgehead atoms. The van der Waals surface area contributed by atoms with Crippen molar-refractivity contribution in [2.24, 2.45) is 0 Å². The van der Waals surface area contributed by atoms with Crippen LogP contribution in [-0.4, -0.2) is 37.7 Å². The summed E-state index contributed by atoms with van der Waals surface area (Å²) in [5, 5.41) is 2.23. The Balaban J connectivity index is 1.50. The monoisotopic (exact) mass is 500 g/mol. The predicted molar refractivity (Wildman–Crippen MR) is 140 cm³/mol. The Bertz CT molecular complexity index is 1330. The van der Waals surface area contributed by atoms with Gasteiger partial charge in [-0.1, -0.05) is 41.5 Å². The number of nitrogens with zero attached hydrogens (tertiary/aromatic N) is 1. The molecule has 1 aliphatic rings. The van der Waals surface area contributed by atoms with Crippen LogP contribution in [0.5, 0.6) is 17.2 Å². The summed E-state index contributed by atoms with van der Waals surface area (Å²) in [5.41, 5.74) is 2.89. The highest BCUT2D eigenvalue weighted by atomic mass is 16.5. The van der Waals surface area contributed by atoms with E-state index in [1.165, 1.54) is 6.08 Å². The lowest BCUT2D eigenvalue weighted by Gasteiger charge is -2.26. The average molecular weight is 501 g/mol. The molecule has 0 aromatic heterocycles. The normalized spacial score (nSPS) is 14.5. The van der Waals surface area contributed by atoms with Gasteiger partial charge in [-0.3, -0.25) is 14.9 Å². The first-order chi connectivity index (χ1) is 17.9. The van der Waals surface area contributed by atoms with E-state index in [1.807, 2.05) is 45.0 Å². The zero-order chi connectivity index (χ0) is 26.4. The summed E-state index contributed by atoms with van der Waals surface area (Å²) in [6, 6.07) is 18.9. The second kappa shape index (κ2) is 11.4. The van der Waals surface area contributed by atoms with Gasteiger partial charge in [0.25, 0.3) is 11.8 Å². The molecule has 8 heteroatoms. The van der Waals surface area contributed by atoms with Crippen molar-refractivity contribution >= 4 is 29.6 Å². The molecule has 0 unspecified atom stereocenters. The quantitative estimate of drug-likeness (QED) is 0.257. The Hall–Kier alpha value is -4.59. The first kappa shape index (κ1) is 25.5. The number of ether oxygens (including phenoxy) is 3. The highest BCUT2D eigenvalue weighted by Gasteiger charge is 2.36. The van der Waals surface area contributed by atoms with E-state index in [4.69, 9.17) is 14.2 Å². The first-order valence-corrected chi connectivity index (χ1v) is 11.9. The third kappa shape index (κ3) is 6.16. The van der Waals surface area contributed by atoms with Crippen molar-refractivity contribution in [2.45, 2.75) is 20.8 Å². The zero-order valence-corrected chi connectivity index (χ0v) is 20.9. The molecule has 190 valence electrons. The maximum absolute atomic E-state index is 13.1. The van der Waals surface area contributed by atoms with Crippen LogP contribution in [0.2, 0.25) is 0 Å². The molecule has 0 saturated carbocycles. The number of imide groups is 2. The Morgan fingerprint density at radius 1 is 0.784 bits per heavy atom. The number of carbonyl (C=O) groups is 3. The van der Waals surface area contributed by atoms with E-state index in [-0.39, 0.29) is 5.57 Å². The number of amides is 4. The number of urea groups is 1. The molecule has 1 heterocycles. The van der Waals surface area contributed by atoms with Crippen molar-refractivity contribution in [1.82, 2.24) is 5.32 Å². The minimum Gasteiger partial charge on any atom is -0.490 e. The molecular weight excluding hydrogens is 472 g/mol. The van der Waals surface area contributed by atoms with Gasteiger partial charge in [0.15, 0.2) is 11.5 Å². The molecule has 0 aliphatic carbocycles. The molecule has 1 fully saturated rings. The molecule has 37 heavy (non-hydrogen) atoms. The van der Waals surface area contributed by atoms with E-state index >= 15 is 0 Å². The van der Waals surface area contributed by atoms with Crippen molar-refractivity contribution in [3.8, 4) is 17.2 Å². The Morgan fingerprint density at radius 2 is 1.43 bits per heavy atom. The number of anilines is 1. The minimum atomic E-state index is -0.789. The van der Waals surface area contributed by atoms with Crippen LogP contribution in [0.15, 0.2) is 72.3 Å². The molecule has 0 radical (unpaired) electrons. The van der Waals surface area contributed by atoms with Gasteiger partial charge in [0.05, 0.1) is 12.3 Å². The van der Waals surface area contributed by atoms with E-state index < -0.39 is 17.8 Å². The summed E-state index contributed by atoms with van der Waals surface area (Å²) in [7, 11) is 0. The molecule has 0 spiro atoms. The second-order valence-corrected chi connectivity index (χ2v) is 8.44. The third-order valence-corrected chi connectivity index (χ3v) is 5.60. The van der Waals surface area contributed by atoms with E-state index in [0.717, 1.165) is 21.8 Å². The number of rotatable bonds is 9. The van der Waals surface area contributed by atoms with Crippen LogP contribution in [0.25, 0.3) is 6.08 Å². The van der Waals surface area contributed by atoms with Gasteiger partial charge in [0.1, 0.15) is 24.5 Å². The summed E-state index contributed by atoms with van der Waals surface area (Å²) in [5.74, 6) is 0.263. The van der Waals surface area contributed by atoms with E-state index in [2.05, 4.69) is 5.32 Å². The van der Waals surface area contributed by atoms with Crippen LogP contribution in [-0.2, 0) is 9.59 Å². The van der Waals surface area contributed by atoms with Gasteiger partial charge in [-0.2, -0.15) is 0 Å². The summed E-state index contributed by atoms with van der Waals surface area (Å²) in [6.45, 7) is 6.79. The van der Waals surface area contributed by atoms with E-state index in [9.17, 15) is 14.4 Å². The number of nitrogens with one attached hydrogen (secondary N) is 1. The molecule has 1 N–H and O–H groups in total. The van der Waals surface area contributed by atoms with Gasteiger partial charge < -0.3 is 14.2 Å². The number of hydrogen-bond donors (Lipinski definition) is 1. The fraction of sp³-hybridized carbons (Fsp3) is 0.207. The van der Waals surface area contributed by atoms with Crippen LogP contribution in [0.1, 0.15) is 23.6 Å². The topological polar surface area (TPSA) is 94.2 Å². The summed E-state index contributed by atoms with van der Waals surface area (Å²) in [4.78, 5) is 39.0. The first-order valence-electron chi connectivity index (χ1n) is 11.9. The molecule has 0 atom stereocenters. The molecule has 4 rings (SSSR count). The van der Waals surface area contributed by atoms with Gasteiger partial charge in [-0.15, -0.1) is 0 Å². The summed E-state index contributed by atoms with van der Waals surface area (Å²) >= 11 is 0. The maximum Gasteiger partial charge on any atom is 0.335 e. The fourth-order valence-corrected chi connectivity index (χ4v) is 3.70.